The van der Waals surface area contributed by atoms with Gasteiger partial charge in [-0.05, 0) is 44.4 Å². The number of rotatable bonds is 3. The summed E-state index contributed by atoms with van der Waals surface area (Å²) in [5, 5.41) is 4.06. The Kier molecular flexibility index (Phi) is 3.82. The molecule has 17 heavy (non-hydrogen) atoms. The van der Waals surface area contributed by atoms with E-state index in [4.69, 9.17) is 10.3 Å². The average molecular weight is 237 g/mol. The fourth-order valence-electron chi connectivity index (χ4n) is 2.64. The van der Waals surface area contributed by atoms with Crippen molar-refractivity contribution in [2.45, 2.75) is 58.4 Å². The Bertz CT molecular complexity index is 351. The fourth-order valence-corrected chi connectivity index (χ4v) is 2.64. The Labute approximate surface area is 103 Å². The van der Waals surface area contributed by atoms with Gasteiger partial charge in [0.1, 0.15) is 0 Å². The average Bonchev–Trinajstić information content (AvgIpc) is 2.78. The molecule has 1 aliphatic rings. The molecule has 0 saturated heterocycles. The van der Waals surface area contributed by atoms with Crippen LogP contribution in [-0.4, -0.2) is 10.1 Å². The van der Waals surface area contributed by atoms with E-state index in [0.717, 1.165) is 17.7 Å². The van der Waals surface area contributed by atoms with Crippen molar-refractivity contribution in [3.8, 4) is 0 Å². The van der Waals surface area contributed by atoms with E-state index >= 15 is 0 Å². The largest absolute Gasteiger partial charge is 0.338 e. The quantitative estimate of drug-likeness (QED) is 0.877. The number of hydrogen-bond donors (Lipinski definition) is 1. The molecule has 1 aromatic heterocycles. The Morgan fingerprint density at radius 2 is 1.82 bits per heavy atom. The highest BCUT2D eigenvalue weighted by Gasteiger charge is 2.27. The van der Waals surface area contributed by atoms with Crippen molar-refractivity contribution in [2.24, 2.45) is 17.6 Å². The van der Waals surface area contributed by atoms with Crippen molar-refractivity contribution in [2.75, 3.05) is 0 Å². The molecule has 1 heterocycles. The Morgan fingerprint density at radius 3 is 2.29 bits per heavy atom. The molecule has 0 aromatic carbocycles. The summed E-state index contributed by atoms with van der Waals surface area (Å²) < 4.78 is 5.17. The summed E-state index contributed by atoms with van der Waals surface area (Å²) in [7, 11) is 0. The molecule has 0 spiro atoms. The lowest BCUT2D eigenvalue weighted by Crippen LogP contribution is -2.18. The smallest absolute Gasteiger partial charge is 0.243 e. The van der Waals surface area contributed by atoms with Gasteiger partial charge in [-0.1, -0.05) is 19.0 Å². The second-order valence-corrected chi connectivity index (χ2v) is 5.64. The van der Waals surface area contributed by atoms with E-state index in [1.54, 1.807) is 0 Å². The molecule has 0 unspecified atom stereocenters. The monoisotopic (exact) mass is 237 g/mol. The number of nitrogens with two attached hydrogens (primary N) is 1. The molecule has 1 atom stereocenters. The van der Waals surface area contributed by atoms with Crippen molar-refractivity contribution >= 4 is 0 Å². The molecule has 1 aromatic rings. The third-order valence-electron chi connectivity index (χ3n) is 3.93. The van der Waals surface area contributed by atoms with Crippen LogP contribution in [-0.2, 0) is 0 Å². The minimum absolute atomic E-state index is 0.164. The van der Waals surface area contributed by atoms with Crippen LogP contribution in [0.5, 0.6) is 0 Å². The van der Waals surface area contributed by atoms with Gasteiger partial charge in [-0.25, -0.2) is 0 Å². The lowest BCUT2D eigenvalue weighted by atomic mass is 9.77. The van der Waals surface area contributed by atoms with Gasteiger partial charge in [-0.2, -0.15) is 4.98 Å². The van der Waals surface area contributed by atoms with Gasteiger partial charge in [0.15, 0.2) is 5.82 Å². The van der Waals surface area contributed by atoms with Crippen LogP contribution >= 0.6 is 0 Å². The van der Waals surface area contributed by atoms with Gasteiger partial charge < -0.3 is 10.3 Å². The summed E-state index contributed by atoms with van der Waals surface area (Å²) >= 11 is 0. The Hall–Kier alpha value is -0.900. The summed E-state index contributed by atoms with van der Waals surface area (Å²) in [5.41, 5.74) is 5.72. The maximum atomic E-state index is 5.72. The zero-order chi connectivity index (χ0) is 12.4. The molecule has 4 heteroatoms. The second-order valence-electron chi connectivity index (χ2n) is 5.64. The van der Waals surface area contributed by atoms with Gasteiger partial charge in [0.25, 0.3) is 0 Å². The summed E-state index contributed by atoms with van der Waals surface area (Å²) in [6, 6.07) is -0.164. The highest BCUT2D eigenvalue weighted by atomic mass is 16.5. The predicted molar refractivity (Wildman–Crippen MR) is 66.4 cm³/mol. The first kappa shape index (κ1) is 12.6. The van der Waals surface area contributed by atoms with Gasteiger partial charge in [-0.3, -0.25) is 0 Å². The molecule has 1 fully saturated rings. The third-order valence-corrected chi connectivity index (χ3v) is 3.93. The predicted octanol–water partition coefficient (Wildman–Crippen LogP) is 3.02. The van der Waals surface area contributed by atoms with Crippen LogP contribution in [0.15, 0.2) is 4.52 Å². The van der Waals surface area contributed by atoms with Gasteiger partial charge in [0, 0.05) is 5.92 Å². The molecule has 4 nitrogen and oxygen atoms in total. The van der Waals surface area contributed by atoms with Crippen molar-refractivity contribution in [1.29, 1.82) is 0 Å². The summed E-state index contributed by atoms with van der Waals surface area (Å²) in [4.78, 5) is 4.40. The van der Waals surface area contributed by atoms with E-state index in [0.29, 0.717) is 11.8 Å². The maximum Gasteiger partial charge on any atom is 0.243 e. The van der Waals surface area contributed by atoms with Crippen molar-refractivity contribution < 1.29 is 4.52 Å². The fraction of sp³-hybridized carbons (Fsp3) is 0.846. The third kappa shape index (κ3) is 2.86. The molecule has 2 N–H and O–H groups in total. The molecule has 96 valence electrons. The normalized spacial score (nSPS) is 27.4. The highest BCUT2D eigenvalue weighted by Crippen LogP contribution is 2.37. The molecule has 1 saturated carbocycles. The van der Waals surface area contributed by atoms with Crippen LogP contribution in [0.3, 0.4) is 0 Å². The van der Waals surface area contributed by atoms with Crippen molar-refractivity contribution in [3.63, 3.8) is 0 Å². The molecular weight excluding hydrogens is 214 g/mol. The van der Waals surface area contributed by atoms with Crippen LogP contribution in [0.2, 0.25) is 0 Å². The van der Waals surface area contributed by atoms with Crippen LogP contribution in [0.25, 0.3) is 0 Å². The molecule has 2 rings (SSSR count). The first-order valence-corrected chi connectivity index (χ1v) is 6.67. The summed E-state index contributed by atoms with van der Waals surface area (Å²) in [6.45, 7) is 6.49. The standard InChI is InChI=1S/C13H23N3O/c1-8(2)10-4-6-11(7-5-10)12-15-13(9(3)14)17-16-12/h8-11H,4-7,14H2,1-3H3/t9-,10?,11?/m0/s1. The molecular formula is C13H23N3O. The minimum Gasteiger partial charge on any atom is -0.338 e. The van der Waals surface area contributed by atoms with E-state index in [1.807, 2.05) is 6.92 Å². The lowest BCUT2D eigenvalue weighted by Gasteiger charge is -2.29. The zero-order valence-corrected chi connectivity index (χ0v) is 11.0. The zero-order valence-electron chi connectivity index (χ0n) is 11.0. The first-order valence-electron chi connectivity index (χ1n) is 6.67. The molecule has 0 amide bonds. The van der Waals surface area contributed by atoms with E-state index in [9.17, 15) is 0 Å². The SMILES string of the molecule is CC(C)C1CCC(c2noc([C@H](C)N)n2)CC1. The van der Waals surface area contributed by atoms with Gasteiger partial charge in [0.05, 0.1) is 6.04 Å². The Balaban J connectivity index is 1.96. The molecule has 0 radical (unpaired) electrons. The topological polar surface area (TPSA) is 64.9 Å². The summed E-state index contributed by atoms with van der Waals surface area (Å²) in [5.74, 6) is 3.55. The van der Waals surface area contributed by atoms with E-state index in [2.05, 4.69) is 24.0 Å². The van der Waals surface area contributed by atoms with Crippen LogP contribution in [0, 0.1) is 11.8 Å². The number of hydrogen-bond acceptors (Lipinski definition) is 4. The van der Waals surface area contributed by atoms with E-state index in [-0.39, 0.29) is 6.04 Å². The van der Waals surface area contributed by atoms with Crippen LogP contribution in [0.1, 0.15) is 70.1 Å². The lowest BCUT2D eigenvalue weighted by molar-refractivity contribution is 0.251. The number of aromatic nitrogens is 2. The van der Waals surface area contributed by atoms with Crippen molar-refractivity contribution in [3.05, 3.63) is 11.7 Å². The molecule has 0 aliphatic heterocycles. The van der Waals surface area contributed by atoms with Gasteiger partial charge in [0.2, 0.25) is 5.89 Å². The Morgan fingerprint density at radius 1 is 1.18 bits per heavy atom. The van der Waals surface area contributed by atoms with E-state index in [1.165, 1.54) is 25.7 Å². The van der Waals surface area contributed by atoms with Crippen molar-refractivity contribution in [1.82, 2.24) is 10.1 Å². The summed E-state index contributed by atoms with van der Waals surface area (Å²) in [6.07, 6.45) is 4.93. The van der Waals surface area contributed by atoms with Crippen LogP contribution in [0.4, 0.5) is 0 Å². The molecule has 0 bridgehead atoms. The first-order chi connectivity index (χ1) is 8.08. The maximum absolute atomic E-state index is 5.72. The molecule has 1 aliphatic carbocycles. The van der Waals surface area contributed by atoms with Gasteiger partial charge in [-0.15, -0.1) is 0 Å². The number of nitrogens with zero attached hydrogens (tertiary/aromatic N) is 2. The minimum atomic E-state index is -0.164. The van der Waals surface area contributed by atoms with Gasteiger partial charge >= 0.3 is 0 Å². The highest BCUT2D eigenvalue weighted by molar-refractivity contribution is 4.99. The van der Waals surface area contributed by atoms with Crippen LogP contribution < -0.4 is 5.73 Å². The van der Waals surface area contributed by atoms with E-state index < -0.39 is 0 Å². The second kappa shape index (κ2) is 5.17.